The van der Waals surface area contributed by atoms with Gasteiger partial charge in [0.05, 0.1) is 18.3 Å². The number of nitrogens with two attached hydrogens (primary N) is 1. The van der Waals surface area contributed by atoms with Crippen LogP contribution in [0.5, 0.6) is 28.7 Å². The number of halogens is 2. The van der Waals surface area contributed by atoms with Gasteiger partial charge in [0.25, 0.3) is 0 Å². The van der Waals surface area contributed by atoms with Gasteiger partial charge >= 0.3 is 0 Å². The largest absolute Gasteiger partial charge is 0.507 e. The average molecular weight is 468 g/mol. The Labute approximate surface area is 194 Å². The zero-order valence-corrected chi connectivity index (χ0v) is 18.2. The molecular formula is C24H19ClFN3O4. The molecular weight excluding hydrogens is 449 g/mol. The maximum atomic E-state index is 13.2. The molecule has 33 heavy (non-hydrogen) atoms. The molecule has 0 bridgehead atoms. The molecule has 0 aliphatic rings. The highest BCUT2D eigenvalue weighted by atomic mass is 35.5. The summed E-state index contributed by atoms with van der Waals surface area (Å²) < 4.78 is 30.2. The molecule has 0 saturated carbocycles. The first-order valence-corrected chi connectivity index (χ1v) is 10.2. The number of hydrogen-bond donors (Lipinski definition) is 2. The van der Waals surface area contributed by atoms with Gasteiger partial charge < -0.3 is 25.1 Å². The van der Waals surface area contributed by atoms with Crippen molar-refractivity contribution in [3.63, 3.8) is 0 Å². The second-order valence-electron chi connectivity index (χ2n) is 6.90. The quantitative estimate of drug-likeness (QED) is 0.364. The standard InChI is InChI=1S/C24H19ClFN3O4/c1-31-20-4-2-3-5-21(20)33-22-12-28-24(27)29-23(22)17-9-8-16(11-19(17)30)32-13-14-6-7-15(26)10-18(14)25/h2-12,30H,13H2,1H3,(H2,27,28,29). The summed E-state index contributed by atoms with van der Waals surface area (Å²) >= 11 is 6.03. The normalized spacial score (nSPS) is 10.6. The van der Waals surface area contributed by atoms with Crippen LogP contribution in [0.2, 0.25) is 5.02 Å². The second-order valence-corrected chi connectivity index (χ2v) is 7.30. The average Bonchev–Trinajstić information content (AvgIpc) is 2.80. The highest BCUT2D eigenvalue weighted by molar-refractivity contribution is 6.31. The zero-order chi connectivity index (χ0) is 23.4. The van der Waals surface area contributed by atoms with E-state index in [9.17, 15) is 9.50 Å². The van der Waals surface area contributed by atoms with Gasteiger partial charge in [0.1, 0.15) is 29.6 Å². The molecule has 0 amide bonds. The first-order chi connectivity index (χ1) is 15.9. The van der Waals surface area contributed by atoms with E-state index in [-0.39, 0.29) is 29.1 Å². The van der Waals surface area contributed by atoms with Crippen molar-refractivity contribution >= 4 is 17.5 Å². The van der Waals surface area contributed by atoms with Gasteiger partial charge in [0.15, 0.2) is 17.2 Å². The van der Waals surface area contributed by atoms with E-state index in [1.807, 2.05) is 6.07 Å². The Morgan fingerprint density at radius 2 is 1.82 bits per heavy atom. The lowest BCUT2D eigenvalue weighted by Gasteiger charge is -2.14. The molecule has 0 aliphatic heterocycles. The van der Waals surface area contributed by atoms with Crippen molar-refractivity contribution < 1.29 is 23.7 Å². The molecule has 0 spiro atoms. The summed E-state index contributed by atoms with van der Waals surface area (Å²) in [7, 11) is 1.53. The van der Waals surface area contributed by atoms with Crippen LogP contribution in [0.15, 0.2) is 66.9 Å². The molecule has 0 atom stereocenters. The van der Waals surface area contributed by atoms with E-state index < -0.39 is 5.82 Å². The van der Waals surface area contributed by atoms with Crippen molar-refractivity contribution in [2.75, 3.05) is 12.8 Å². The Hall–Kier alpha value is -4.04. The fourth-order valence-corrected chi connectivity index (χ4v) is 3.30. The predicted molar refractivity (Wildman–Crippen MR) is 122 cm³/mol. The van der Waals surface area contributed by atoms with Crippen LogP contribution in [0.1, 0.15) is 5.56 Å². The van der Waals surface area contributed by atoms with Crippen molar-refractivity contribution in [3.05, 3.63) is 83.3 Å². The van der Waals surface area contributed by atoms with E-state index in [4.69, 9.17) is 31.5 Å². The predicted octanol–water partition coefficient (Wildman–Crippen LogP) is 5.60. The van der Waals surface area contributed by atoms with Gasteiger partial charge in [0, 0.05) is 17.2 Å². The number of nitrogens with zero attached hydrogens (tertiary/aromatic N) is 2. The minimum absolute atomic E-state index is 0.0167. The Kier molecular flexibility index (Phi) is 6.46. The van der Waals surface area contributed by atoms with Gasteiger partial charge in [-0.15, -0.1) is 0 Å². The third kappa shape index (κ3) is 5.07. The van der Waals surface area contributed by atoms with Crippen molar-refractivity contribution in [1.29, 1.82) is 0 Å². The van der Waals surface area contributed by atoms with Crippen LogP contribution in [0, 0.1) is 5.82 Å². The number of hydrogen-bond acceptors (Lipinski definition) is 7. The number of nitrogen functional groups attached to an aromatic ring is 1. The number of phenols is 1. The summed E-state index contributed by atoms with van der Waals surface area (Å²) in [6.45, 7) is 0.0977. The Morgan fingerprint density at radius 1 is 1.03 bits per heavy atom. The molecule has 168 valence electrons. The maximum Gasteiger partial charge on any atom is 0.220 e. The lowest BCUT2D eigenvalue weighted by Crippen LogP contribution is -2.00. The Bertz CT molecular complexity index is 1300. The number of rotatable bonds is 7. The molecule has 4 rings (SSSR count). The highest BCUT2D eigenvalue weighted by Gasteiger charge is 2.17. The zero-order valence-electron chi connectivity index (χ0n) is 17.5. The Balaban J connectivity index is 1.60. The number of benzene rings is 3. The van der Waals surface area contributed by atoms with E-state index in [2.05, 4.69) is 9.97 Å². The molecule has 0 saturated heterocycles. The van der Waals surface area contributed by atoms with Gasteiger partial charge in [-0.1, -0.05) is 29.8 Å². The van der Waals surface area contributed by atoms with Gasteiger partial charge in [-0.05, 0) is 36.4 Å². The first kappa shape index (κ1) is 22.2. The molecule has 0 unspecified atom stereocenters. The fraction of sp³-hybridized carbons (Fsp3) is 0.0833. The number of ether oxygens (including phenoxy) is 3. The third-order valence-electron chi connectivity index (χ3n) is 4.70. The number of para-hydroxylation sites is 2. The van der Waals surface area contributed by atoms with Crippen molar-refractivity contribution in [3.8, 4) is 40.0 Å². The number of anilines is 1. The molecule has 3 aromatic carbocycles. The van der Waals surface area contributed by atoms with E-state index in [0.717, 1.165) is 0 Å². The molecule has 7 nitrogen and oxygen atoms in total. The number of aromatic hydroxyl groups is 1. The van der Waals surface area contributed by atoms with Gasteiger partial charge in [-0.2, -0.15) is 0 Å². The lowest BCUT2D eigenvalue weighted by atomic mass is 10.1. The first-order valence-electron chi connectivity index (χ1n) is 9.78. The maximum absolute atomic E-state index is 13.2. The molecule has 1 heterocycles. The van der Waals surface area contributed by atoms with Gasteiger partial charge in [0.2, 0.25) is 5.95 Å². The van der Waals surface area contributed by atoms with Crippen LogP contribution in [0.25, 0.3) is 11.3 Å². The summed E-state index contributed by atoms with van der Waals surface area (Å²) in [6.07, 6.45) is 1.42. The van der Waals surface area contributed by atoms with Crippen LogP contribution < -0.4 is 19.9 Å². The summed E-state index contributed by atoms with van der Waals surface area (Å²) in [6, 6.07) is 15.8. The lowest BCUT2D eigenvalue weighted by molar-refractivity contribution is 0.304. The van der Waals surface area contributed by atoms with Crippen molar-refractivity contribution in [2.45, 2.75) is 6.61 Å². The molecule has 9 heteroatoms. The SMILES string of the molecule is COc1ccccc1Oc1cnc(N)nc1-c1ccc(OCc2ccc(F)cc2Cl)cc1O. The summed E-state index contributed by atoms with van der Waals surface area (Å²) in [4.78, 5) is 8.24. The molecule has 0 aliphatic carbocycles. The summed E-state index contributed by atoms with van der Waals surface area (Å²) in [5.41, 5.74) is 7.05. The van der Waals surface area contributed by atoms with Crippen LogP contribution in [-0.2, 0) is 6.61 Å². The van der Waals surface area contributed by atoms with E-state index in [1.54, 1.807) is 30.3 Å². The van der Waals surface area contributed by atoms with E-state index in [1.165, 1.54) is 37.6 Å². The third-order valence-corrected chi connectivity index (χ3v) is 5.05. The number of phenolic OH excluding ortho intramolecular Hbond substituents is 1. The van der Waals surface area contributed by atoms with Crippen LogP contribution in [-0.4, -0.2) is 22.2 Å². The van der Waals surface area contributed by atoms with E-state index in [0.29, 0.717) is 34.1 Å². The minimum atomic E-state index is -0.430. The molecule has 0 radical (unpaired) electrons. The number of methoxy groups -OCH3 is 1. The number of aromatic nitrogens is 2. The second kappa shape index (κ2) is 9.62. The van der Waals surface area contributed by atoms with Gasteiger partial charge in [-0.3, -0.25) is 0 Å². The van der Waals surface area contributed by atoms with Gasteiger partial charge in [-0.25, -0.2) is 14.4 Å². The monoisotopic (exact) mass is 467 g/mol. The highest BCUT2D eigenvalue weighted by Crippen LogP contribution is 2.40. The topological polar surface area (TPSA) is 99.7 Å². The van der Waals surface area contributed by atoms with Crippen molar-refractivity contribution in [1.82, 2.24) is 9.97 Å². The van der Waals surface area contributed by atoms with Crippen LogP contribution >= 0.6 is 11.6 Å². The van der Waals surface area contributed by atoms with Crippen LogP contribution in [0.3, 0.4) is 0 Å². The molecule has 4 aromatic rings. The van der Waals surface area contributed by atoms with E-state index >= 15 is 0 Å². The summed E-state index contributed by atoms with van der Waals surface area (Å²) in [5.74, 6) is 1.10. The van der Waals surface area contributed by atoms with Crippen molar-refractivity contribution in [2.24, 2.45) is 0 Å². The minimum Gasteiger partial charge on any atom is -0.507 e. The summed E-state index contributed by atoms with van der Waals surface area (Å²) in [5, 5.41) is 10.9. The molecule has 3 N–H and O–H groups in total. The fourth-order valence-electron chi connectivity index (χ4n) is 3.07. The molecule has 0 fully saturated rings. The van der Waals surface area contributed by atoms with Crippen LogP contribution in [0.4, 0.5) is 10.3 Å². The Morgan fingerprint density at radius 3 is 2.55 bits per heavy atom. The molecule has 1 aromatic heterocycles. The smallest absolute Gasteiger partial charge is 0.220 e.